The molecule has 0 aromatic heterocycles. The SMILES string of the molecule is COC(=O)C(=O)NCCc1ccccc1OC. The first-order chi connectivity index (χ1) is 8.19. The largest absolute Gasteiger partial charge is 0.496 e. The summed E-state index contributed by atoms with van der Waals surface area (Å²) in [5.41, 5.74) is 0.972. The first-order valence-corrected chi connectivity index (χ1v) is 5.17. The third kappa shape index (κ3) is 3.79. The van der Waals surface area contributed by atoms with E-state index < -0.39 is 11.9 Å². The Bertz CT molecular complexity index is 403. The third-order valence-electron chi connectivity index (χ3n) is 2.24. The second-order valence-corrected chi connectivity index (χ2v) is 3.31. The molecule has 0 unspecified atom stereocenters. The summed E-state index contributed by atoms with van der Waals surface area (Å²) in [5, 5.41) is 2.46. The van der Waals surface area contributed by atoms with E-state index in [-0.39, 0.29) is 0 Å². The molecule has 1 aromatic carbocycles. The van der Waals surface area contributed by atoms with Crippen LogP contribution in [0.5, 0.6) is 5.75 Å². The number of ether oxygens (including phenoxy) is 2. The van der Waals surface area contributed by atoms with Crippen molar-refractivity contribution in [3.63, 3.8) is 0 Å². The van der Waals surface area contributed by atoms with Crippen LogP contribution in [-0.2, 0) is 20.7 Å². The van der Waals surface area contributed by atoms with Gasteiger partial charge in [-0.1, -0.05) is 18.2 Å². The molecule has 1 N–H and O–H groups in total. The van der Waals surface area contributed by atoms with Crippen molar-refractivity contribution >= 4 is 11.9 Å². The Morgan fingerprint density at radius 2 is 1.94 bits per heavy atom. The molecule has 1 rings (SSSR count). The first kappa shape index (κ1) is 13.0. The summed E-state index contributed by atoms with van der Waals surface area (Å²) < 4.78 is 9.45. The van der Waals surface area contributed by atoms with Crippen LogP contribution in [0.15, 0.2) is 24.3 Å². The number of benzene rings is 1. The van der Waals surface area contributed by atoms with Gasteiger partial charge in [0.05, 0.1) is 14.2 Å². The molecule has 0 spiro atoms. The number of hydrogen-bond donors (Lipinski definition) is 1. The summed E-state index contributed by atoms with van der Waals surface area (Å²) in [6, 6.07) is 7.51. The highest BCUT2D eigenvalue weighted by atomic mass is 16.5. The maximum Gasteiger partial charge on any atom is 0.396 e. The zero-order valence-electron chi connectivity index (χ0n) is 9.86. The highest BCUT2D eigenvalue weighted by Crippen LogP contribution is 2.17. The fourth-order valence-electron chi connectivity index (χ4n) is 1.39. The zero-order chi connectivity index (χ0) is 12.7. The molecule has 0 aliphatic carbocycles. The Morgan fingerprint density at radius 3 is 2.59 bits per heavy atom. The van der Waals surface area contributed by atoms with E-state index in [4.69, 9.17) is 4.74 Å². The highest BCUT2D eigenvalue weighted by molar-refractivity contribution is 6.32. The predicted molar refractivity (Wildman–Crippen MR) is 61.7 cm³/mol. The Hall–Kier alpha value is -2.04. The van der Waals surface area contributed by atoms with E-state index in [1.807, 2.05) is 24.3 Å². The number of carbonyl (C=O) groups excluding carboxylic acids is 2. The number of nitrogens with one attached hydrogen (secondary N) is 1. The number of hydrogen-bond acceptors (Lipinski definition) is 4. The van der Waals surface area contributed by atoms with Crippen molar-refractivity contribution in [3.05, 3.63) is 29.8 Å². The predicted octanol–water partition coefficient (Wildman–Crippen LogP) is 0.527. The summed E-state index contributed by atoms with van der Waals surface area (Å²) in [4.78, 5) is 21.9. The lowest BCUT2D eigenvalue weighted by Crippen LogP contribution is -2.33. The second kappa shape index (κ2) is 6.52. The van der Waals surface area contributed by atoms with Crippen molar-refractivity contribution in [1.82, 2.24) is 5.32 Å². The van der Waals surface area contributed by atoms with E-state index in [1.54, 1.807) is 7.11 Å². The topological polar surface area (TPSA) is 64.6 Å². The van der Waals surface area contributed by atoms with Crippen molar-refractivity contribution < 1.29 is 19.1 Å². The van der Waals surface area contributed by atoms with Crippen LogP contribution >= 0.6 is 0 Å². The van der Waals surface area contributed by atoms with Gasteiger partial charge in [0.1, 0.15) is 5.75 Å². The van der Waals surface area contributed by atoms with Gasteiger partial charge in [0.25, 0.3) is 0 Å². The molecular weight excluding hydrogens is 222 g/mol. The van der Waals surface area contributed by atoms with Crippen LogP contribution in [0.4, 0.5) is 0 Å². The molecule has 92 valence electrons. The number of amides is 1. The average molecular weight is 237 g/mol. The number of rotatable bonds is 4. The maximum atomic E-state index is 11.1. The van der Waals surface area contributed by atoms with Crippen molar-refractivity contribution in [2.45, 2.75) is 6.42 Å². The molecule has 0 atom stereocenters. The Morgan fingerprint density at radius 1 is 1.24 bits per heavy atom. The lowest BCUT2D eigenvalue weighted by atomic mass is 10.1. The van der Waals surface area contributed by atoms with Gasteiger partial charge in [-0.3, -0.25) is 4.79 Å². The summed E-state index contributed by atoms with van der Waals surface area (Å²) in [5.74, 6) is -0.854. The molecule has 5 heteroatoms. The molecule has 0 radical (unpaired) electrons. The van der Waals surface area contributed by atoms with Gasteiger partial charge in [-0.2, -0.15) is 0 Å². The second-order valence-electron chi connectivity index (χ2n) is 3.31. The van der Waals surface area contributed by atoms with Crippen LogP contribution in [0.3, 0.4) is 0 Å². The van der Waals surface area contributed by atoms with Gasteiger partial charge in [0, 0.05) is 6.54 Å². The van der Waals surface area contributed by atoms with Crippen LogP contribution in [0.25, 0.3) is 0 Å². The summed E-state index contributed by atoms with van der Waals surface area (Å²) in [7, 11) is 2.76. The summed E-state index contributed by atoms with van der Waals surface area (Å²) in [6.07, 6.45) is 0.590. The molecule has 0 saturated heterocycles. The maximum absolute atomic E-state index is 11.1. The molecule has 5 nitrogen and oxygen atoms in total. The van der Waals surface area contributed by atoms with E-state index in [9.17, 15) is 9.59 Å². The van der Waals surface area contributed by atoms with Crippen molar-refractivity contribution in [2.24, 2.45) is 0 Å². The van der Waals surface area contributed by atoms with Gasteiger partial charge < -0.3 is 14.8 Å². The molecule has 0 fully saturated rings. The smallest absolute Gasteiger partial charge is 0.396 e. The Labute approximate surface area is 99.7 Å². The lowest BCUT2D eigenvalue weighted by molar-refractivity contribution is -0.152. The Balaban J connectivity index is 2.46. The minimum absolute atomic E-state index is 0.355. The summed E-state index contributed by atoms with van der Waals surface area (Å²) in [6.45, 7) is 0.355. The van der Waals surface area contributed by atoms with Crippen LogP contribution in [0.2, 0.25) is 0 Å². The van der Waals surface area contributed by atoms with Crippen LogP contribution in [0.1, 0.15) is 5.56 Å². The van der Waals surface area contributed by atoms with Gasteiger partial charge in [0.15, 0.2) is 0 Å². The van der Waals surface area contributed by atoms with E-state index in [0.717, 1.165) is 11.3 Å². The molecule has 1 amide bonds. The molecule has 1 aromatic rings. The van der Waals surface area contributed by atoms with E-state index in [1.165, 1.54) is 7.11 Å². The van der Waals surface area contributed by atoms with Crippen LogP contribution in [-0.4, -0.2) is 32.6 Å². The molecule has 0 saturated carbocycles. The Kier molecular flexibility index (Phi) is 5.00. The molecule has 0 heterocycles. The molecule has 0 aliphatic rings. The number of carbonyl (C=O) groups is 2. The molecule has 0 bridgehead atoms. The lowest BCUT2D eigenvalue weighted by Gasteiger charge is -2.08. The van der Waals surface area contributed by atoms with Gasteiger partial charge in [-0.25, -0.2) is 4.79 Å². The standard InChI is InChI=1S/C12H15NO4/c1-16-10-6-4-3-5-9(10)7-8-13-11(14)12(15)17-2/h3-6H,7-8H2,1-2H3,(H,13,14). The van der Waals surface area contributed by atoms with Gasteiger partial charge in [-0.05, 0) is 18.1 Å². The number of methoxy groups -OCH3 is 2. The van der Waals surface area contributed by atoms with Crippen LogP contribution < -0.4 is 10.1 Å². The zero-order valence-corrected chi connectivity index (χ0v) is 9.86. The normalized spacial score (nSPS) is 9.53. The van der Waals surface area contributed by atoms with Crippen LogP contribution in [0, 0.1) is 0 Å². The van der Waals surface area contributed by atoms with Gasteiger partial charge in [-0.15, -0.1) is 0 Å². The first-order valence-electron chi connectivity index (χ1n) is 5.17. The van der Waals surface area contributed by atoms with Crippen molar-refractivity contribution in [1.29, 1.82) is 0 Å². The molecule has 17 heavy (non-hydrogen) atoms. The number of esters is 1. The van der Waals surface area contributed by atoms with E-state index in [0.29, 0.717) is 13.0 Å². The average Bonchev–Trinajstić information content (AvgIpc) is 2.38. The van der Waals surface area contributed by atoms with Gasteiger partial charge >= 0.3 is 11.9 Å². The van der Waals surface area contributed by atoms with Crippen molar-refractivity contribution in [2.75, 3.05) is 20.8 Å². The van der Waals surface area contributed by atoms with E-state index >= 15 is 0 Å². The van der Waals surface area contributed by atoms with Gasteiger partial charge in [0.2, 0.25) is 0 Å². The van der Waals surface area contributed by atoms with Crippen molar-refractivity contribution in [3.8, 4) is 5.75 Å². The summed E-state index contributed by atoms with van der Waals surface area (Å²) >= 11 is 0. The fourth-order valence-corrected chi connectivity index (χ4v) is 1.39. The highest BCUT2D eigenvalue weighted by Gasteiger charge is 2.12. The third-order valence-corrected chi connectivity index (χ3v) is 2.24. The monoisotopic (exact) mass is 237 g/mol. The molecule has 0 aliphatic heterocycles. The fraction of sp³-hybridized carbons (Fsp3) is 0.333. The molecular formula is C12H15NO4. The quantitative estimate of drug-likeness (QED) is 0.612. The van der Waals surface area contributed by atoms with E-state index in [2.05, 4.69) is 10.1 Å². The minimum Gasteiger partial charge on any atom is -0.496 e. The minimum atomic E-state index is -0.884. The number of para-hydroxylation sites is 1.